The van der Waals surface area contributed by atoms with Gasteiger partial charge in [0.2, 0.25) is 0 Å². The summed E-state index contributed by atoms with van der Waals surface area (Å²) < 4.78 is 11.1. The second-order valence-electron chi connectivity index (χ2n) is 8.46. The zero-order valence-electron chi connectivity index (χ0n) is 21.5. The van der Waals surface area contributed by atoms with E-state index in [1.54, 1.807) is 78.9 Å². The van der Waals surface area contributed by atoms with Crippen LogP contribution in [0.2, 0.25) is 0 Å². The molecule has 0 aliphatic rings. The van der Waals surface area contributed by atoms with Gasteiger partial charge in [-0.25, -0.2) is 10.2 Å². The van der Waals surface area contributed by atoms with E-state index >= 15 is 0 Å². The largest absolute Gasteiger partial charge is 0.490 e. The molecule has 0 saturated carbocycles. The average molecular weight is 522 g/mol. The van der Waals surface area contributed by atoms with Gasteiger partial charge in [0.05, 0.1) is 29.6 Å². The highest BCUT2D eigenvalue weighted by Crippen LogP contribution is 2.29. The zero-order valence-corrected chi connectivity index (χ0v) is 21.5. The summed E-state index contributed by atoms with van der Waals surface area (Å²) in [5, 5.41) is 6.83. The van der Waals surface area contributed by atoms with Gasteiger partial charge in [-0.15, -0.1) is 0 Å². The number of ether oxygens (including phenoxy) is 2. The molecule has 4 aromatic carbocycles. The predicted octanol–water partition coefficient (Wildman–Crippen LogP) is 5.63. The fraction of sp³-hybridized carbons (Fsp3) is 0.0968. The van der Waals surface area contributed by atoms with E-state index in [2.05, 4.69) is 15.8 Å². The van der Waals surface area contributed by atoms with Crippen LogP contribution in [0.4, 0.5) is 5.69 Å². The number of aryl methyl sites for hydroxylation is 1. The van der Waals surface area contributed by atoms with Gasteiger partial charge in [-0.3, -0.25) is 9.59 Å². The Kier molecular flexibility index (Phi) is 8.82. The first-order valence-electron chi connectivity index (χ1n) is 12.3. The number of hydrogen-bond acceptors (Lipinski definition) is 6. The van der Waals surface area contributed by atoms with Crippen molar-refractivity contribution in [1.82, 2.24) is 5.43 Å². The summed E-state index contributed by atoms with van der Waals surface area (Å²) in [5.74, 6) is -0.690. The number of carbonyl (C=O) groups excluding carboxylic acids is 3. The van der Waals surface area contributed by atoms with Crippen LogP contribution in [0.5, 0.6) is 11.5 Å². The molecule has 0 spiro atoms. The Bertz CT molecular complexity index is 1500. The molecule has 2 N–H and O–H groups in total. The Morgan fingerprint density at radius 1 is 0.795 bits per heavy atom. The maximum atomic E-state index is 12.8. The van der Waals surface area contributed by atoms with E-state index in [-0.39, 0.29) is 17.2 Å². The number of nitrogens with one attached hydrogen (secondary N) is 2. The second-order valence-corrected chi connectivity index (χ2v) is 8.46. The molecule has 0 bridgehead atoms. The number of esters is 1. The summed E-state index contributed by atoms with van der Waals surface area (Å²) in [5.41, 5.74) is 5.65. The van der Waals surface area contributed by atoms with Crippen LogP contribution >= 0.6 is 0 Å². The quantitative estimate of drug-likeness (QED) is 0.129. The van der Waals surface area contributed by atoms with Gasteiger partial charge in [0.25, 0.3) is 11.8 Å². The molecule has 8 heteroatoms. The minimum absolute atomic E-state index is 0.258. The molecule has 0 radical (unpaired) electrons. The first kappa shape index (κ1) is 26.8. The Morgan fingerprint density at radius 2 is 1.51 bits per heavy atom. The smallest absolute Gasteiger partial charge is 0.343 e. The molecular formula is C31H27N3O5. The van der Waals surface area contributed by atoms with E-state index in [1.165, 1.54) is 6.21 Å². The van der Waals surface area contributed by atoms with Gasteiger partial charge in [0, 0.05) is 5.56 Å². The van der Waals surface area contributed by atoms with Crippen molar-refractivity contribution in [2.45, 2.75) is 13.8 Å². The summed E-state index contributed by atoms with van der Waals surface area (Å²) in [6, 6.07) is 27.4. The van der Waals surface area contributed by atoms with Crippen molar-refractivity contribution in [3.05, 3.63) is 125 Å². The van der Waals surface area contributed by atoms with Crippen LogP contribution in [0.25, 0.3) is 0 Å². The Balaban J connectivity index is 1.43. The van der Waals surface area contributed by atoms with Crippen LogP contribution in [-0.4, -0.2) is 30.6 Å². The molecule has 0 heterocycles. The lowest BCUT2D eigenvalue weighted by Crippen LogP contribution is -2.21. The van der Waals surface area contributed by atoms with Crippen LogP contribution in [0.3, 0.4) is 0 Å². The highest BCUT2D eigenvalue weighted by molar-refractivity contribution is 6.09. The fourth-order valence-corrected chi connectivity index (χ4v) is 3.61. The number of para-hydroxylation sites is 1. The summed E-state index contributed by atoms with van der Waals surface area (Å²) in [7, 11) is 0. The summed E-state index contributed by atoms with van der Waals surface area (Å²) >= 11 is 0. The lowest BCUT2D eigenvalue weighted by Gasteiger charge is -2.11. The van der Waals surface area contributed by atoms with Gasteiger partial charge < -0.3 is 14.8 Å². The van der Waals surface area contributed by atoms with Crippen molar-refractivity contribution in [1.29, 1.82) is 0 Å². The lowest BCUT2D eigenvalue weighted by atomic mass is 10.1. The first-order chi connectivity index (χ1) is 18.9. The van der Waals surface area contributed by atoms with Gasteiger partial charge in [-0.1, -0.05) is 48.0 Å². The highest BCUT2D eigenvalue weighted by atomic mass is 16.6. The van der Waals surface area contributed by atoms with E-state index in [4.69, 9.17) is 9.47 Å². The van der Waals surface area contributed by atoms with Crippen LogP contribution in [-0.2, 0) is 0 Å². The molecule has 0 saturated heterocycles. The maximum Gasteiger partial charge on any atom is 0.343 e. The number of rotatable bonds is 9. The molecule has 196 valence electrons. The molecule has 0 aliphatic heterocycles. The number of anilines is 1. The highest BCUT2D eigenvalue weighted by Gasteiger charge is 2.15. The molecule has 0 atom stereocenters. The molecule has 39 heavy (non-hydrogen) atoms. The molecule has 4 rings (SSSR count). The van der Waals surface area contributed by atoms with Crippen LogP contribution in [0, 0.1) is 6.92 Å². The number of nitrogens with zero attached hydrogens (tertiary/aromatic N) is 1. The summed E-state index contributed by atoms with van der Waals surface area (Å²) in [6.45, 7) is 4.12. The zero-order chi connectivity index (χ0) is 27.6. The number of benzene rings is 4. The van der Waals surface area contributed by atoms with Crippen molar-refractivity contribution in [2.75, 3.05) is 11.9 Å². The molecule has 2 amide bonds. The van der Waals surface area contributed by atoms with E-state index < -0.39 is 11.9 Å². The second kappa shape index (κ2) is 12.8. The Morgan fingerprint density at radius 3 is 2.26 bits per heavy atom. The fourth-order valence-electron chi connectivity index (χ4n) is 3.61. The van der Waals surface area contributed by atoms with E-state index in [9.17, 15) is 14.4 Å². The lowest BCUT2D eigenvalue weighted by molar-refractivity contribution is 0.0728. The molecule has 0 fully saturated rings. The average Bonchev–Trinajstić information content (AvgIpc) is 2.95. The molecule has 4 aromatic rings. The van der Waals surface area contributed by atoms with Crippen LogP contribution in [0.1, 0.15) is 49.1 Å². The molecule has 0 aromatic heterocycles. The Hall–Kier alpha value is -5.24. The maximum absolute atomic E-state index is 12.8. The van der Waals surface area contributed by atoms with Gasteiger partial charge in [-0.05, 0) is 74.0 Å². The van der Waals surface area contributed by atoms with Gasteiger partial charge in [0.1, 0.15) is 0 Å². The van der Waals surface area contributed by atoms with Crippen LogP contribution < -0.4 is 20.2 Å². The SMILES string of the molecule is CCOc1cc(/C=N\NC(=O)c2ccccc2NC(=O)c2ccc(C)cc2)ccc1OC(=O)c1ccccc1. The third-order valence-electron chi connectivity index (χ3n) is 5.59. The first-order valence-corrected chi connectivity index (χ1v) is 12.3. The topological polar surface area (TPSA) is 106 Å². The van der Waals surface area contributed by atoms with E-state index in [0.29, 0.717) is 34.7 Å². The number of carbonyl (C=O) groups is 3. The van der Waals surface area contributed by atoms with Crippen molar-refractivity contribution < 1.29 is 23.9 Å². The van der Waals surface area contributed by atoms with Crippen molar-refractivity contribution >= 4 is 29.7 Å². The van der Waals surface area contributed by atoms with Gasteiger partial charge in [-0.2, -0.15) is 5.10 Å². The third kappa shape index (κ3) is 7.17. The van der Waals surface area contributed by atoms with E-state index in [0.717, 1.165) is 5.56 Å². The summed E-state index contributed by atoms with van der Waals surface area (Å²) in [6.07, 6.45) is 1.44. The molecule has 0 unspecified atom stereocenters. The Labute approximate surface area is 226 Å². The van der Waals surface area contributed by atoms with Gasteiger partial charge in [0.15, 0.2) is 11.5 Å². The standard InChI is InChI=1S/C31H27N3O5/c1-3-38-28-19-22(15-18-27(28)39-31(37)24-9-5-4-6-10-24)20-32-34-30(36)25-11-7-8-12-26(25)33-29(35)23-16-13-21(2)14-17-23/h4-20H,3H2,1-2H3,(H,33,35)(H,34,36)/b32-20-. The van der Waals surface area contributed by atoms with Crippen molar-refractivity contribution in [3.8, 4) is 11.5 Å². The number of hydrogen-bond donors (Lipinski definition) is 2. The van der Waals surface area contributed by atoms with Crippen molar-refractivity contribution in [3.63, 3.8) is 0 Å². The number of hydrazone groups is 1. The van der Waals surface area contributed by atoms with Crippen molar-refractivity contribution in [2.24, 2.45) is 5.10 Å². The summed E-state index contributed by atoms with van der Waals surface area (Å²) in [4.78, 5) is 37.9. The molecule has 0 aliphatic carbocycles. The molecule has 8 nitrogen and oxygen atoms in total. The van der Waals surface area contributed by atoms with E-state index in [1.807, 2.05) is 32.0 Å². The van der Waals surface area contributed by atoms with Crippen LogP contribution in [0.15, 0.2) is 102 Å². The number of amides is 2. The monoisotopic (exact) mass is 521 g/mol. The molecular weight excluding hydrogens is 494 g/mol. The minimum Gasteiger partial charge on any atom is -0.490 e. The predicted molar refractivity (Wildman–Crippen MR) is 150 cm³/mol. The minimum atomic E-state index is -0.502. The normalized spacial score (nSPS) is 10.6. The third-order valence-corrected chi connectivity index (χ3v) is 5.59. The van der Waals surface area contributed by atoms with Gasteiger partial charge >= 0.3 is 5.97 Å².